The Balaban J connectivity index is 2.42. The molecular weight excluding hydrogens is 254 g/mol. The van der Waals surface area contributed by atoms with Gasteiger partial charge in [-0.2, -0.15) is 0 Å². The zero-order valence-corrected chi connectivity index (χ0v) is 11.8. The van der Waals surface area contributed by atoms with Crippen molar-refractivity contribution in [1.29, 1.82) is 0 Å². The highest BCUT2D eigenvalue weighted by molar-refractivity contribution is 5.76. The standard InChI is InChI=1S/C16H17NO3/c1-18-13-10-15(19-2)14(16(11-13)20-3)5-4-12-6-8-17-9-7-12/h4-11H,1-3H3/b5-4+. The van der Waals surface area contributed by atoms with Crippen LogP contribution in [0.3, 0.4) is 0 Å². The van der Waals surface area contributed by atoms with Crippen LogP contribution in [-0.4, -0.2) is 26.3 Å². The SMILES string of the molecule is COc1cc(OC)c(/C=C/c2ccncc2)c(OC)c1. The molecule has 0 amide bonds. The third-order valence-corrected chi connectivity index (χ3v) is 2.90. The highest BCUT2D eigenvalue weighted by Gasteiger charge is 2.10. The van der Waals surface area contributed by atoms with Gasteiger partial charge in [-0.1, -0.05) is 6.08 Å². The van der Waals surface area contributed by atoms with Crippen molar-refractivity contribution >= 4 is 12.2 Å². The molecule has 0 fully saturated rings. The predicted octanol–water partition coefficient (Wildman–Crippen LogP) is 3.28. The quantitative estimate of drug-likeness (QED) is 0.836. The fraction of sp³-hybridized carbons (Fsp3) is 0.188. The fourth-order valence-corrected chi connectivity index (χ4v) is 1.85. The van der Waals surface area contributed by atoms with Crippen LogP contribution in [0.1, 0.15) is 11.1 Å². The summed E-state index contributed by atoms with van der Waals surface area (Å²) in [6.07, 6.45) is 7.44. The van der Waals surface area contributed by atoms with E-state index in [1.807, 2.05) is 36.4 Å². The molecule has 1 aromatic carbocycles. The molecule has 104 valence electrons. The molecule has 2 rings (SSSR count). The summed E-state index contributed by atoms with van der Waals surface area (Å²) in [5, 5.41) is 0. The van der Waals surface area contributed by atoms with Crippen LogP contribution in [0.2, 0.25) is 0 Å². The van der Waals surface area contributed by atoms with Crippen LogP contribution in [0.4, 0.5) is 0 Å². The molecule has 1 aromatic heterocycles. The molecule has 0 saturated heterocycles. The maximum atomic E-state index is 5.40. The highest BCUT2D eigenvalue weighted by Crippen LogP contribution is 2.35. The Morgan fingerprint density at radius 1 is 0.850 bits per heavy atom. The van der Waals surface area contributed by atoms with E-state index >= 15 is 0 Å². The second kappa shape index (κ2) is 6.61. The summed E-state index contributed by atoms with van der Waals surface area (Å²) in [4.78, 5) is 3.99. The van der Waals surface area contributed by atoms with E-state index in [0.29, 0.717) is 17.2 Å². The first kappa shape index (κ1) is 13.9. The number of hydrogen-bond donors (Lipinski definition) is 0. The molecular formula is C16H17NO3. The van der Waals surface area contributed by atoms with Crippen molar-refractivity contribution in [3.8, 4) is 17.2 Å². The summed E-state index contributed by atoms with van der Waals surface area (Å²) >= 11 is 0. The molecule has 0 aliphatic heterocycles. The van der Waals surface area contributed by atoms with Crippen molar-refractivity contribution in [1.82, 2.24) is 4.98 Å². The maximum Gasteiger partial charge on any atom is 0.133 e. The van der Waals surface area contributed by atoms with Crippen molar-refractivity contribution in [3.05, 3.63) is 47.8 Å². The zero-order chi connectivity index (χ0) is 14.4. The monoisotopic (exact) mass is 271 g/mol. The Hall–Kier alpha value is -2.49. The summed E-state index contributed by atoms with van der Waals surface area (Å²) in [5.41, 5.74) is 1.92. The number of pyridine rings is 1. The van der Waals surface area contributed by atoms with Gasteiger partial charge in [0.2, 0.25) is 0 Å². The van der Waals surface area contributed by atoms with Gasteiger partial charge in [0.25, 0.3) is 0 Å². The van der Waals surface area contributed by atoms with Gasteiger partial charge in [0.1, 0.15) is 17.2 Å². The zero-order valence-electron chi connectivity index (χ0n) is 11.8. The van der Waals surface area contributed by atoms with E-state index in [4.69, 9.17) is 14.2 Å². The molecule has 0 spiro atoms. The van der Waals surface area contributed by atoms with Crippen molar-refractivity contribution in [2.24, 2.45) is 0 Å². The van der Waals surface area contributed by atoms with Crippen LogP contribution in [0.15, 0.2) is 36.7 Å². The van der Waals surface area contributed by atoms with Crippen LogP contribution >= 0.6 is 0 Å². The largest absolute Gasteiger partial charge is 0.496 e. The van der Waals surface area contributed by atoms with Crippen molar-refractivity contribution < 1.29 is 14.2 Å². The smallest absolute Gasteiger partial charge is 0.133 e. The molecule has 20 heavy (non-hydrogen) atoms. The van der Waals surface area contributed by atoms with Gasteiger partial charge in [-0.25, -0.2) is 0 Å². The highest BCUT2D eigenvalue weighted by atomic mass is 16.5. The second-order valence-corrected chi connectivity index (χ2v) is 4.06. The van der Waals surface area contributed by atoms with Crippen LogP contribution in [0.25, 0.3) is 12.2 Å². The first-order valence-electron chi connectivity index (χ1n) is 6.16. The lowest BCUT2D eigenvalue weighted by molar-refractivity contribution is 0.374. The number of aromatic nitrogens is 1. The van der Waals surface area contributed by atoms with Gasteiger partial charge in [0.15, 0.2) is 0 Å². The Kier molecular flexibility index (Phi) is 4.60. The maximum absolute atomic E-state index is 5.40. The van der Waals surface area contributed by atoms with E-state index in [9.17, 15) is 0 Å². The molecule has 2 aromatic rings. The lowest BCUT2D eigenvalue weighted by Crippen LogP contribution is -1.94. The van der Waals surface area contributed by atoms with E-state index in [2.05, 4.69) is 4.98 Å². The summed E-state index contributed by atoms with van der Waals surface area (Å²) < 4.78 is 16.0. The number of nitrogens with zero attached hydrogens (tertiary/aromatic N) is 1. The van der Waals surface area contributed by atoms with Gasteiger partial charge >= 0.3 is 0 Å². The average molecular weight is 271 g/mol. The van der Waals surface area contributed by atoms with E-state index in [-0.39, 0.29) is 0 Å². The molecule has 0 aliphatic carbocycles. The Labute approximate surface area is 118 Å². The number of ether oxygens (including phenoxy) is 3. The average Bonchev–Trinajstić information content (AvgIpc) is 2.52. The molecule has 0 saturated carbocycles. The van der Waals surface area contributed by atoms with Gasteiger partial charge < -0.3 is 14.2 Å². The van der Waals surface area contributed by atoms with Crippen LogP contribution in [0, 0.1) is 0 Å². The second-order valence-electron chi connectivity index (χ2n) is 4.06. The van der Waals surface area contributed by atoms with E-state index < -0.39 is 0 Å². The molecule has 0 radical (unpaired) electrons. The third kappa shape index (κ3) is 3.09. The summed E-state index contributed by atoms with van der Waals surface area (Å²) in [7, 11) is 4.86. The molecule has 0 bridgehead atoms. The van der Waals surface area contributed by atoms with Crippen LogP contribution in [0.5, 0.6) is 17.2 Å². The molecule has 0 atom stereocenters. The van der Waals surface area contributed by atoms with Gasteiger partial charge in [0.05, 0.1) is 26.9 Å². The van der Waals surface area contributed by atoms with Crippen LogP contribution < -0.4 is 14.2 Å². The molecule has 4 heteroatoms. The summed E-state index contributed by atoms with van der Waals surface area (Å²) in [6, 6.07) is 7.52. The van der Waals surface area contributed by atoms with E-state index in [0.717, 1.165) is 11.1 Å². The van der Waals surface area contributed by atoms with Crippen molar-refractivity contribution in [2.75, 3.05) is 21.3 Å². The van der Waals surface area contributed by atoms with Gasteiger partial charge in [0, 0.05) is 24.5 Å². The van der Waals surface area contributed by atoms with Gasteiger partial charge in [-0.15, -0.1) is 0 Å². The minimum atomic E-state index is 0.694. The normalized spacial score (nSPS) is 10.6. The van der Waals surface area contributed by atoms with E-state index in [1.54, 1.807) is 33.7 Å². The molecule has 1 heterocycles. The first-order valence-corrected chi connectivity index (χ1v) is 6.16. The number of methoxy groups -OCH3 is 3. The number of rotatable bonds is 5. The minimum Gasteiger partial charge on any atom is -0.496 e. The number of hydrogen-bond acceptors (Lipinski definition) is 4. The van der Waals surface area contributed by atoms with Crippen molar-refractivity contribution in [3.63, 3.8) is 0 Å². The Morgan fingerprint density at radius 2 is 1.45 bits per heavy atom. The Bertz CT molecular complexity index is 569. The topological polar surface area (TPSA) is 40.6 Å². The molecule has 4 nitrogen and oxygen atoms in total. The third-order valence-electron chi connectivity index (χ3n) is 2.90. The fourth-order valence-electron chi connectivity index (χ4n) is 1.85. The molecule has 0 N–H and O–H groups in total. The Morgan fingerprint density at radius 3 is 1.95 bits per heavy atom. The minimum absolute atomic E-state index is 0.694. The van der Waals surface area contributed by atoms with Crippen molar-refractivity contribution in [2.45, 2.75) is 0 Å². The van der Waals surface area contributed by atoms with E-state index in [1.165, 1.54) is 0 Å². The predicted molar refractivity (Wildman–Crippen MR) is 79.3 cm³/mol. The molecule has 0 unspecified atom stereocenters. The lowest BCUT2D eigenvalue weighted by atomic mass is 10.1. The van der Waals surface area contributed by atoms with Gasteiger partial charge in [-0.3, -0.25) is 4.98 Å². The van der Waals surface area contributed by atoms with Crippen LogP contribution in [-0.2, 0) is 0 Å². The lowest BCUT2D eigenvalue weighted by Gasteiger charge is -2.12. The first-order chi connectivity index (χ1) is 9.78. The summed E-state index contributed by atoms with van der Waals surface area (Å²) in [6.45, 7) is 0. The number of benzene rings is 1. The van der Waals surface area contributed by atoms with Gasteiger partial charge in [-0.05, 0) is 23.8 Å². The molecule has 0 aliphatic rings. The summed E-state index contributed by atoms with van der Waals surface area (Å²) in [5.74, 6) is 2.10.